The smallest absolute Gasteiger partial charge is 0.410 e. The summed E-state index contributed by atoms with van der Waals surface area (Å²) in [5, 5.41) is 0. The van der Waals surface area contributed by atoms with E-state index in [-0.39, 0.29) is 4.90 Å². The van der Waals surface area contributed by atoms with Gasteiger partial charge in [0.2, 0.25) is 6.02 Å². The van der Waals surface area contributed by atoms with Gasteiger partial charge >= 0.3 is 6.09 Å². The number of carbonyl (C=O) groups excluding carboxylic acids is 1. The molecule has 1 amide bonds. The van der Waals surface area contributed by atoms with E-state index in [9.17, 15) is 4.79 Å². The third-order valence-electron chi connectivity index (χ3n) is 1.26. The minimum atomic E-state index is -3.55. The molecule has 0 unspecified atom stereocenters. The highest BCUT2D eigenvalue weighted by Gasteiger charge is 2.28. The number of piperidine rings is 1. The molecule has 1 fully saturated rings. The Kier molecular flexibility index (Phi) is 1.30. The van der Waals surface area contributed by atoms with Crippen molar-refractivity contribution in [3.63, 3.8) is 0 Å². The van der Waals surface area contributed by atoms with E-state index in [2.05, 4.69) is 4.85 Å². The van der Waals surface area contributed by atoms with Crippen LogP contribution in [-0.2, 0) is 4.74 Å². The van der Waals surface area contributed by atoms with E-state index in [0.29, 0.717) is 0 Å². The molecule has 4 heteroatoms. The molecule has 1 heterocycles. The summed E-state index contributed by atoms with van der Waals surface area (Å²) in [6.07, 6.45) is -8.72. The predicted octanol–water partition coefficient (Wildman–Crippen LogP) is 2.31. The van der Waals surface area contributed by atoms with Crippen LogP contribution in [0.25, 0.3) is 4.85 Å². The molecule has 84 valence electrons. The van der Waals surface area contributed by atoms with E-state index in [0.717, 1.165) is 0 Å². The summed E-state index contributed by atoms with van der Waals surface area (Å²) in [6.45, 7) is 4.17. The molecule has 1 aliphatic rings. The molecule has 1 rings (SSSR count). The molecular weight excluding hydrogens is 192 g/mol. The Morgan fingerprint density at radius 1 is 1.60 bits per heavy atom. The van der Waals surface area contributed by atoms with E-state index in [1.807, 2.05) is 0 Å². The molecular formula is C11H18N2O2. The number of carbonyl (C=O) groups is 1. The highest BCUT2D eigenvalue weighted by molar-refractivity contribution is 5.68. The molecule has 0 spiro atoms. The molecule has 0 aromatic carbocycles. The van der Waals surface area contributed by atoms with Gasteiger partial charge in [0.25, 0.3) is 0 Å². The van der Waals surface area contributed by atoms with Crippen LogP contribution in [0.3, 0.4) is 0 Å². The van der Waals surface area contributed by atoms with Crippen molar-refractivity contribution in [3.8, 4) is 0 Å². The summed E-state index contributed by atoms with van der Waals surface area (Å²) in [6, 6.07) is -3.47. The molecule has 0 N–H and O–H groups in total. The zero-order chi connectivity index (χ0) is 19.6. The molecule has 0 aromatic heterocycles. The van der Waals surface area contributed by atoms with Gasteiger partial charge in [-0.3, -0.25) is 0 Å². The van der Waals surface area contributed by atoms with E-state index in [4.69, 9.17) is 23.6 Å². The Morgan fingerprint density at radius 3 is 2.53 bits per heavy atom. The van der Waals surface area contributed by atoms with Crippen molar-refractivity contribution in [2.24, 2.45) is 0 Å². The second-order valence-corrected chi connectivity index (χ2v) is 3.75. The van der Waals surface area contributed by atoms with Crippen LogP contribution in [0.2, 0.25) is 0 Å². The Labute approximate surface area is 104 Å². The quantitative estimate of drug-likeness (QED) is 0.586. The topological polar surface area (TPSA) is 33.9 Å². The lowest BCUT2D eigenvalue weighted by Crippen LogP contribution is -2.42. The summed E-state index contributed by atoms with van der Waals surface area (Å²) in [5.41, 5.74) is -1.18. The van der Waals surface area contributed by atoms with Crippen molar-refractivity contribution in [3.05, 3.63) is 11.4 Å². The number of hydrogen-bond donors (Lipinski definition) is 0. The van der Waals surface area contributed by atoms with Gasteiger partial charge in [0, 0.05) is 36.7 Å². The SMILES string of the molecule is [2H]C1([2H])N(C(=O)OC(C)(C)C)C([2H])([2H])C([2H])([2H])C([2H])([N+]#[C-])C1([2H])[2H]. The minimum Gasteiger partial charge on any atom is -0.444 e. The standard InChI is InChI=1S/C11H18N2O2/c1-11(2,3)15-10(14)13-7-5-9(12-4)6-8-13/h9H,5-8H2,1-3H3/i5D2,6D2,7D2,8D2,9D. The summed E-state index contributed by atoms with van der Waals surface area (Å²) in [5.74, 6) is 0. The number of nitrogens with zero attached hydrogens (tertiary/aromatic N) is 2. The summed E-state index contributed by atoms with van der Waals surface area (Å²) in [7, 11) is 0. The third-order valence-corrected chi connectivity index (χ3v) is 1.26. The van der Waals surface area contributed by atoms with Crippen LogP contribution < -0.4 is 0 Å². The van der Waals surface area contributed by atoms with Gasteiger partial charge in [-0.15, -0.1) is 0 Å². The average Bonchev–Trinajstić information content (AvgIpc) is 2.32. The van der Waals surface area contributed by atoms with Gasteiger partial charge in [0.05, 0.1) is 0 Å². The Morgan fingerprint density at radius 2 is 2.13 bits per heavy atom. The zero-order valence-electron chi connectivity index (χ0n) is 17.7. The monoisotopic (exact) mass is 219 g/mol. The van der Waals surface area contributed by atoms with Crippen LogP contribution in [0, 0.1) is 6.57 Å². The normalized spacial score (nSPS) is 42.8. The van der Waals surface area contributed by atoms with Crippen molar-refractivity contribution in [1.82, 2.24) is 4.90 Å². The fraction of sp³-hybridized carbons (Fsp3) is 0.818. The number of likely N-dealkylation sites (tertiary alicyclic amines) is 1. The van der Waals surface area contributed by atoms with E-state index >= 15 is 0 Å². The van der Waals surface area contributed by atoms with Crippen LogP contribution in [0.4, 0.5) is 4.79 Å². The molecule has 0 radical (unpaired) electrons. The number of amides is 1. The van der Waals surface area contributed by atoms with Crippen LogP contribution in [-0.4, -0.2) is 35.6 Å². The summed E-state index contributed by atoms with van der Waals surface area (Å²) in [4.78, 5) is 14.5. The molecule has 4 nitrogen and oxygen atoms in total. The molecule has 0 atom stereocenters. The average molecular weight is 219 g/mol. The highest BCUT2D eigenvalue weighted by Crippen LogP contribution is 2.16. The van der Waals surface area contributed by atoms with Gasteiger partial charge in [0.1, 0.15) is 6.97 Å². The molecule has 0 bridgehead atoms. The van der Waals surface area contributed by atoms with Gasteiger partial charge in [-0.25, -0.2) is 11.4 Å². The van der Waals surface area contributed by atoms with Crippen molar-refractivity contribution < 1.29 is 21.9 Å². The molecule has 0 aliphatic carbocycles. The van der Waals surface area contributed by atoms with E-state index in [1.54, 1.807) is 0 Å². The lowest BCUT2D eigenvalue weighted by molar-refractivity contribution is 0.0213. The van der Waals surface area contributed by atoms with Crippen molar-refractivity contribution in [2.45, 2.75) is 45.1 Å². The second-order valence-electron chi connectivity index (χ2n) is 3.75. The van der Waals surface area contributed by atoms with Crippen LogP contribution in [0.1, 0.15) is 45.9 Å². The zero-order valence-corrected chi connectivity index (χ0v) is 8.71. The third kappa shape index (κ3) is 3.78. The molecule has 1 aliphatic heterocycles. The van der Waals surface area contributed by atoms with Gasteiger partial charge in [-0.1, -0.05) is 0 Å². The second kappa shape index (κ2) is 4.52. The number of hydrogen-bond acceptors (Lipinski definition) is 2. The maximum atomic E-state index is 12.3. The summed E-state index contributed by atoms with van der Waals surface area (Å²) >= 11 is 0. The first-order chi connectivity index (χ1) is 10.3. The van der Waals surface area contributed by atoms with Crippen molar-refractivity contribution in [2.75, 3.05) is 13.0 Å². The fourth-order valence-corrected chi connectivity index (χ4v) is 0.732. The molecule has 0 saturated carbocycles. The van der Waals surface area contributed by atoms with Crippen molar-refractivity contribution in [1.29, 1.82) is 0 Å². The Bertz CT molecular complexity index is 563. The Hall–Kier alpha value is -1.24. The first-order valence-corrected chi connectivity index (χ1v) is 4.23. The maximum Gasteiger partial charge on any atom is 0.410 e. The number of rotatable bonds is 0. The highest BCUT2D eigenvalue weighted by atomic mass is 16.6. The molecule has 0 aromatic rings. The lowest BCUT2D eigenvalue weighted by Gasteiger charge is -2.30. The Balaban J connectivity index is 3.69. The molecule has 15 heavy (non-hydrogen) atoms. The maximum absolute atomic E-state index is 12.3. The predicted molar refractivity (Wildman–Crippen MR) is 57.4 cm³/mol. The largest absolute Gasteiger partial charge is 0.444 e. The molecule has 1 saturated heterocycles. The van der Waals surface area contributed by atoms with E-state index in [1.165, 1.54) is 20.8 Å². The number of ether oxygens (including phenoxy) is 1. The van der Waals surface area contributed by atoms with Gasteiger partial charge in [0.15, 0.2) is 0 Å². The minimum absolute atomic E-state index is 0.330. The van der Waals surface area contributed by atoms with Gasteiger partial charge in [-0.2, -0.15) is 0 Å². The van der Waals surface area contributed by atoms with Crippen molar-refractivity contribution >= 4 is 6.09 Å². The first kappa shape index (κ1) is 4.32. The van der Waals surface area contributed by atoms with Crippen LogP contribution >= 0.6 is 0 Å². The van der Waals surface area contributed by atoms with E-state index < -0.39 is 43.5 Å². The first-order valence-electron chi connectivity index (χ1n) is 8.73. The van der Waals surface area contributed by atoms with Crippen LogP contribution in [0.15, 0.2) is 0 Å². The fourth-order valence-electron chi connectivity index (χ4n) is 0.732. The van der Waals surface area contributed by atoms with Gasteiger partial charge < -0.3 is 14.5 Å². The van der Waals surface area contributed by atoms with Crippen LogP contribution in [0.5, 0.6) is 0 Å². The summed E-state index contributed by atoms with van der Waals surface area (Å²) < 4.78 is 75.4. The lowest BCUT2D eigenvalue weighted by atomic mass is 10.1. The van der Waals surface area contributed by atoms with Gasteiger partial charge in [-0.05, 0) is 20.8 Å².